The van der Waals surface area contributed by atoms with Gasteiger partial charge in [-0.1, -0.05) is 43.6 Å². The van der Waals surface area contributed by atoms with Crippen LogP contribution in [0, 0.1) is 5.92 Å². The second kappa shape index (κ2) is 11.4. The highest BCUT2D eigenvalue weighted by Gasteiger charge is 2.11. The Bertz CT molecular complexity index is 699. The number of guanidine groups is 1. The molecule has 0 aliphatic carbocycles. The van der Waals surface area contributed by atoms with Gasteiger partial charge in [-0.25, -0.2) is 9.98 Å². The van der Waals surface area contributed by atoms with E-state index in [1.165, 1.54) is 0 Å². The molecule has 26 heavy (non-hydrogen) atoms. The van der Waals surface area contributed by atoms with Gasteiger partial charge in [0.1, 0.15) is 12.4 Å². The molecule has 0 saturated carbocycles. The second-order valence-electron chi connectivity index (χ2n) is 6.47. The van der Waals surface area contributed by atoms with Crippen molar-refractivity contribution in [3.63, 3.8) is 0 Å². The van der Waals surface area contributed by atoms with Gasteiger partial charge in [-0.05, 0) is 31.4 Å². The molecule has 0 aliphatic rings. The van der Waals surface area contributed by atoms with Gasteiger partial charge in [0.25, 0.3) is 0 Å². The molecule has 1 heterocycles. The van der Waals surface area contributed by atoms with Gasteiger partial charge in [-0.2, -0.15) is 0 Å². The van der Waals surface area contributed by atoms with Crippen LogP contribution in [-0.4, -0.2) is 22.1 Å². The normalized spacial score (nSPS) is 12.6. The number of aromatic nitrogens is 2. The predicted molar refractivity (Wildman–Crippen MR) is 120 cm³/mol. The lowest BCUT2D eigenvalue weighted by Gasteiger charge is -2.19. The lowest BCUT2D eigenvalue weighted by molar-refractivity contribution is 0.507. The summed E-state index contributed by atoms with van der Waals surface area (Å²) in [5.41, 5.74) is 1.05. The van der Waals surface area contributed by atoms with E-state index in [2.05, 4.69) is 52.9 Å². The number of imidazole rings is 1. The maximum absolute atomic E-state index is 6.29. The SMILES string of the molecule is CCNC(=NCc1nccn1CC(C)C)NC(C)c1ccccc1Cl.I. The van der Waals surface area contributed by atoms with Gasteiger partial charge in [0.2, 0.25) is 0 Å². The molecule has 1 unspecified atom stereocenters. The Morgan fingerprint density at radius 2 is 2.00 bits per heavy atom. The van der Waals surface area contributed by atoms with Crippen LogP contribution >= 0.6 is 35.6 Å². The van der Waals surface area contributed by atoms with E-state index in [4.69, 9.17) is 11.6 Å². The van der Waals surface area contributed by atoms with E-state index in [0.29, 0.717) is 12.5 Å². The molecule has 5 nitrogen and oxygen atoms in total. The van der Waals surface area contributed by atoms with Gasteiger partial charge >= 0.3 is 0 Å². The van der Waals surface area contributed by atoms with Crippen LogP contribution in [0.2, 0.25) is 5.02 Å². The van der Waals surface area contributed by atoms with E-state index < -0.39 is 0 Å². The van der Waals surface area contributed by atoms with Crippen LogP contribution in [0.1, 0.15) is 45.1 Å². The number of nitrogens with zero attached hydrogens (tertiary/aromatic N) is 3. The van der Waals surface area contributed by atoms with Crippen molar-refractivity contribution in [3.05, 3.63) is 53.1 Å². The van der Waals surface area contributed by atoms with Crippen molar-refractivity contribution in [2.24, 2.45) is 10.9 Å². The highest BCUT2D eigenvalue weighted by atomic mass is 127. The molecule has 2 aromatic rings. The molecule has 1 aromatic carbocycles. The van der Waals surface area contributed by atoms with E-state index in [1.54, 1.807) is 0 Å². The highest BCUT2D eigenvalue weighted by Crippen LogP contribution is 2.21. The Balaban J connectivity index is 0.00000338. The summed E-state index contributed by atoms with van der Waals surface area (Å²) in [6, 6.07) is 7.92. The molecule has 0 saturated heterocycles. The quantitative estimate of drug-likeness (QED) is 0.339. The fourth-order valence-corrected chi connectivity index (χ4v) is 2.93. The van der Waals surface area contributed by atoms with Crippen molar-refractivity contribution in [2.75, 3.05) is 6.54 Å². The first-order chi connectivity index (χ1) is 12.0. The molecule has 0 aliphatic heterocycles. The summed E-state index contributed by atoms with van der Waals surface area (Å²) >= 11 is 6.29. The van der Waals surface area contributed by atoms with Crippen molar-refractivity contribution in [1.29, 1.82) is 0 Å². The largest absolute Gasteiger partial charge is 0.357 e. The zero-order valence-corrected chi connectivity index (χ0v) is 19.0. The Kier molecular flexibility index (Phi) is 10.0. The fourth-order valence-electron chi connectivity index (χ4n) is 2.63. The van der Waals surface area contributed by atoms with Crippen molar-refractivity contribution >= 4 is 41.5 Å². The molecule has 2 rings (SSSR count). The number of benzene rings is 1. The highest BCUT2D eigenvalue weighted by molar-refractivity contribution is 14.0. The predicted octanol–water partition coefficient (Wildman–Crippen LogP) is 4.63. The summed E-state index contributed by atoms with van der Waals surface area (Å²) < 4.78 is 2.16. The Labute approximate surface area is 178 Å². The van der Waals surface area contributed by atoms with E-state index >= 15 is 0 Å². The number of hydrogen-bond donors (Lipinski definition) is 2. The molecular formula is C19H29ClIN5. The van der Waals surface area contributed by atoms with Crippen LogP contribution in [0.25, 0.3) is 0 Å². The number of aliphatic imine (C=N–C) groups is 1. The molecule has 1 aromatic heterocycles. The fraction of sp³-hybridized carbons (Fsp3) is 0.474. The van der Waals surface area contributed by atoms with Gasteiger partial charge in [0, 0.05) is 30.5 Å². The maximum atomic E-state index is 6.29. The summed E-state index contributed by atoms with van der Waals surface area (Å²) in [6.45, 7) is 10.8. The van der Waals surface area contributed by atoms with E-state index in [-0.39, 0.29) is 30.0 Å². The topological polar surface area (TPSA) is 54.2 Å². The van der Waals surface area contributed by atoms with Crippen LogP contribution in [0.3, 0.4) is 0 Å². The molecule has 0 spiro atoms. The van der Waals surface area contributed by atoms with Gasteiger partial charge < -0.3 is 15.2 Å². The third-order valence-electron chi connectivity index (χ3n) is 3.81. The van der Waals surface area contributed by atoms with Crippen LogP contribution in [0.15, 0.2) is 41.7 Å². The Morgan fingerprint density at radius 1 is 1.27 bits per heavy atom. The first kappa shape index (κ1) is 22.8. The summed E-state index contributed by atoms with van der Waals surface area (Å²) in [5, 5.41) is 7.45. The second-order valence-corrected chi connectivity index (χ2v) is 6.88. The molecule has 144 valence electrons. The summed E-state index contributed by atoms with van der Waals surface area (Å²) in [7, 11) is 0. The van der Waals surface area contributed by atoms with Crippen molar-refractivity contribution < 1.29 is 0 Å². The third kappa shape index (κ3) is 6.79. The zero-order valence-electron chi connectivity index (χ0n) is 15.9. The van der Waals surface area contributed by atoms with E-state index in [1.807, 2.05) is 36.7 Å². The zero-order chi connectivity index (χ0) is 18.2. The molecule has 1 atom stereocenters. The number of halogens is 2. The monoisotopic (exact) mass is 489 g/mol. The van der Waals surface area contributed by atoms with Crippen molar-refractivity contribution in [2.45, 2.75) is 46.8 Å². The minimum atomic E-state index is 0. The number of nitrogens with one attached hydrogen (secondary N) is 2. The molecule has 0 radical (unpaired) electrons. The average molecular weight is 490 g/mol. The van der Waals surface area contributed by atoms with E-state index in [9.17, 15) is 0 Å². The number of hydrogen-bond acceptors (Lipinski definition) is 2. The van der Waals surface area contributed by atoms with Crippen molar-refractivity contribution in [3.8, 4) is 0 Å². The smallest absolute Gasteiger partial charge is 0.192 e. The molecule has 7 heteroatoms. The minimum Gasteiger partial charge on any atom is -0.357 e. The summed E-state index contributed by atoms with van der Waals surface area (Å²) in [5.74, 6) is 2.30. The molecular weight excluding hydrogens is 461 g/mol. The van der Waals surface area contributed by atoms with Gasteiger partial charge in [0.15, 0.2) is 5.96 Å². The molecule has 0 amide bonds. The standard InChI is InChI=1S/C19H28ClN5.HI/c1-5-21-19(24-15(4)16-8-6-7-9-17(16)20)23-12-18-22-10-11-25(18)13-14(2)3;/h6-11,14-15H,5,12-13H2,1-4H3,(H2,21,23,24);1H. The minimum absolute atomic E-state index is 0. The Hall–Kier alpha value is -1.28. The third-order valence-corrected chi connectivity index (χ3v) is 4.16. The van der Waals surface area contributed by atoms with Crippen LogP contribution < -0.4 is 10.6 Å². The average Bonchev–Trinajstić information content (AvgIpc) is 2.99. The lowest BCUT2D eigenvalue weighted by atomic mass is 10.1. The maximum Gasteiger partial charge on any atom is 0.192 e. The summed E-state index contributed by atoms with van der Waals surface area (Å²) in [6.07, 6.45) is 3.84. The van der Waals surface area contributed by atoms with Gasteiger partial charge in [-0.15, -0.1) is 24.0 Å². The van der Waals surface area contributed by atoms with Crippen molar-refractivity contribution in [1.82, 2.24) is 20.2 Å². The van der Waals surface area contributed by atoms with E-state index in [0.717, 1.165) is 35.5 Å². The van der Waals surface area contributed by atoms with Crippen LogP contribution in [0.4, 0.5) is 0 Å². The summed E-state index contributed by atoms with van der Waals surface area (Å²) in [4.78, 5) is 9.12. The Morgan fingerprint density at radius 3 is 2.65 bits per heavy atom. The molecule has 2 N–H and O–H groups in total. The lowest BCUT2D eigenvalue weighted by Crippen LogP contribution is -2.38. The van der Waals surface area contributed by atoms with Gasteiger partial charge in [0.05, 0.1) is 6.04 Å². The number of rotatable bonds is 7. The van der Waals surface area contributed by atoms with Crippen LogP contribution in [0.5, 0.6) is 0 Å². The van der Waals surface area contributed by atoms with Gasteiger partial charge in [-0.3, -0.25) is 0 Å². The molecule has 0 bridgehead atoms. The first-order valence-electron chi connectivity index (χ1n) is 8.80. The first-order valence-corrected chi connectivity index (χ1v) is 9.18. The van der Waals surface area contributed by atoms with Crippen LogP contribution in [-0.2, 0) is 13.1 Å². The molecule has 0 fully saturated rings.